The molecule has 1 aromatic carbocycles. The smallest absolute Gasteiger partial charge is 0.231 e. The van der Waals surface area contributed by atoms with Gasteiger partial charge in [0.2, 0.25) is 6.79 Å². The Kier molecular flexibility index (Phi) is 4.80. The van der Waals surface area contributed by atoms with Crippen LogP contribution in [0, 0.1) is 0 Å². The van der Waals surface area contributed by atoms with E-state index in [0.717, 1.165) is 31.7 Å². The minimum Gasteiger partial charge on any atom is -0.454 e. The number of carbonyl (C=O) groups is 1. The van der Waals surface area contributed by atoms with E-state index < -0.39 is 0 Å². The zero-order chi connectivity index (χ0) is 13.7. The van der Waals surface area contributed by atoms with Gasteiger partial charge in [0.15, 0.2) is 17.3 Å². The number of nitrogens with zero attached hydrogens (tertiary/aromatic N) is 1. The van der Waals surface area contributed by atoms with E-state index >= 15 is 0 Å². The van der Waals surface area contributed by atoms with Crippen molar-refractivity contribution in [2.24, 2.45) is 0 Å². The fourth-order valence-electron chi connectivity index (χ4n) is 2.27. The molecule has 0 radical (unpaired) electrons. The van der Waals surface area contributed by atoms with Gasteiger partial charge in [-0.1, -0.05) is 13.8 Å². The minimum absolute atomic E-state index is 0.139. The minimum atomic E-state index is 0.139. The summed E-state index contributed by atoms with van der Waals surface area (Å²) in [7, 11) is 0. The van der Waals surface area contributed by atoms with Crippen LogP contribution in [0.1, 0.15) is 37.0 Å². The Bertz CT molecular complexity index is 439. The van der Waals surface area contributed by atoms with Crippen LogP contribution >= 0.6 is 0 Å². The van der Waals surface area contributed by atoms with Gasteiger partial charge in [-0.2, -0.15) is 0 Å². The Hall–Kier alpha value is -1.55. The van der Waals surface area contributed by atoms with Gasteiger partial charge in [-0.05, 0) is 44.1 Å². The van der Waals surface area contributed by atoms with E-state index in [-0.39, 0.29) is 12.6 Å². The van der Waals surface area contributed by atoms with Gasteiger partial charge >= 0.3 is 0 Å². The highest BCUT2D eigenvalue weighted by Crippen LogP contribution is 2.32. The molecule has 0 saturated heterocycles. The van der Waals surface area contributed by atoms with Crippen molar-refractivity contribution in [3.05, 3.63) is 23.8 Å². The van der Waals surface area contributed by atoms with Gasteiger partial charge in [0.05, 0.1) is 6.54 Å². The molecule has 1 heterocycles. The topological polar surface area (TPSA) is 38.8 Å². The lowest BCUT2D eigenvalue weighted by Gasteiger charge is -2.19. The van der Waals surface area contributed by atoms with Crippen LogP contribution in [-0.2, 0) is 0 Å². The van der Waals surface area contributed by atoms with Gasteiger partial charge in [-0.15, -0.1) is 0 Å². The largest absolute Gasteiger partial charge is 0.454 e. The predicted octanol–water partition coefficient (Wildman–Crippen LogP) is 2.72. The molecule has 19 heavy (non-hydrogen) atoms. The first kappa shape index (κ1) is 13.9. The highest BCUT2D eigenvalue weighted by molar-refractivity contribution is 5.98. The molecule has 0 bridgehead atoms. The first-order chi connectivity index (χ1) is 9.24. The van der Waals surface area contributed by atoms with Gasteiger partial charge in [0.25, 0.3) is 0 Å². The summed E-state index contributed by atoms with van der Waals surface area (Å²) >= 11 is 0. The molecule has 1 aliphatic rings. The van der Waals surface area contributed by atoms with Crippen LogP contribution in [0.5, 0.6) is 11.5 Å². The standard InChI is InChI=1S/C15H21NO3/c1-3-7-16(8-4-2)10-13(17)12-5-6-14-15(9-12)19-11-18-14/h5-6,9H,3-4,7-8,10-11H2,1-2H3. The Balaban J connectivity index is 2.02. The zero-order valence-corrected chi connectivity index (χ0v) is 11.6. The molecule has 1 aliphatic heterocycles. The zero-order valence-electron chi connectivity index (χ0n) is 11.6. The Morgan fingerprint density at radius 3 is 2.53 bits per heavy atom. The van der Waals surface area contributed by atoms with Crippen LogP contribution in [-0.4, -0.2) is 37.1 Å². The molecule has 0 fully saturated rings. The van der Waals surface area contributed by atoms with Crippen molar-refractivity contribution in [2.45, 2.75) is 26.7 Å². The van der Waals surface area contributed by atoms with E-state index in [0.29, 0.717) is 17.9 Å². The first-order valence-corrected chi connectivity index (χ1v) is 6.89. The number of hydrogen-bond donors (Lipinski definition) is 0. The van der Waals surface area contributed by atoms with Crippen LogP contribution in [0.15, 0.2) is 18.2 Å². The highest BCUT2D eigenvalue weighted by Gasteiger charge is 2.17. The maximum atomic E-state index is 12.3. The average Bonchev–Trinajstić information content (AvgIpc) is 2.86. The van der Waals surface area contributed by atoms with Crippen molar-refractivity contribution in [3.8, 4) is 11.5 Å². The number of benzene rings is 1. The van der Waals surface area contributed by atoms with Crippen molar-refractivity contribution in [2.75, 3.05) is 26.4 Å². The second-order valence-electron chi connectivity index (χ2n) is 4.77. The van der Waals surface area contributed by atoms with Crippen molar-refractivity contribution >= 4 is 5.78 Å². The number of fused-ring (bicyclic) bond motifs is 1. The second kappa shape index (κ2) is 6.57. The van der Waals surface area contributed by atoms with Crippen molar-refractivity contribution < 1.29 is 14.3 Å². The van der Waals surface area contributed by atoms with Crippen LogP contribution in [0.25, 0.3) is 0 Å². The normalized spacial score (nSPS) is 13.0. The molecule has 0 amide bonds. The number of Topliss-reactive ketones (excluding diaryl/α,β-unsaturated/α-hetero) is 1. The molecule has 0 aliphatic carbocycles. The van der Waals surface area contributed by atoms with Gasteiger partial charge in [0, 0.05) is 5.56 Å². The predicted molar refractivity (Wildman–Crippen MR) is 73.9 cm³/mol. The molecule has 0 spiro atoms. The number of ether oxygens (including phenoxy) is 2. The molecule has 0 N–H and O–H groups in total. The molecular formula is C15H21NO3. The number of carbonyl (C=O) groups excluding carboxylic acids is 1. The van der Waals surface area contributed by atoms with E-state index in [2.05, 4.69) is 18.7 Å². The quantitative estimate of drug-likeness (QED) is 0.709. The van der Waals surface area contributed by atoms with E-state index in [4.69, 9.17) is 9.47 Å². The first-order valence-electron chi connectivity index (χ1n) is 6.89. The monoisotopic (exact) mass is 263 g/mol. The lowest BCUT2D eigenvalue weighted by molar-refractivity contribution is 0.0930. The van der Waals surface area contributed by atoms with E-state index in [1.54, 1.807) is 12.1 Å². The van der Waals surface area contributed by atoms with Gasteiger partial charge in [-0.3, -0.25) is 9.69 Å². The maximum absolute atomic E-state index is 12.3. The summed E-state index contributed by atoms with van der Waals surface area (Å²) in [6, 6.07) is 5.40. The molecule has 4 nitrogen and oxygen atoms in total. The van der Waals surface area contributed by atoms with E-state index in [1.165, 1.54) is 0 Å². The molecular weight excluding hydrogens is 242 g/mol. The molecule has 104 valence electrons. The van der Waals surface area contributed by atoms with Gasteiger partial charge in [-0.25, -0.2) is 0 Å². The van der Waals surface area contributed by atoms with Crippen LogP contribution in [0.3, 0.4) is 0 Å². The maximum Gasteiger partial charge on any atom is 0.231 e. The van der Waals surface area contributed by atoms with Crippen molar-refractivity contribution in [1.82, 2.24) is 4.90 Å². The van der Waals surface area contributed by atoms with Crippen LogP contribution < -0.4 is 9.47 Å². The molecule has 0 atom stereocenters. The molecule has 0 aromatic heterocycles. The number of rotatable bonds is 7. The van der Waals surface area contributed by atoms with Gasteiger partial charge < -0.3 is 9.47 Å². The molecule has 1 aromatic rings. The summed E-state index contributed by atoms with van der Waals surface area (Å²) in [6.45, 7) is 6.90. The van der Waals surface area contributed by atoms with Crippen LogP contribution in [0.4, 0.5) is 0 Å². The molecule has 0 unspecified atom stereocenters. The average molecular weight is 263 g/mol. The van der Waals surface area contributed by atoms with Crippen LogP contribution in [0.2, 0.25) is 0 Å². The summed E-state index contributed by atoms with van der Waals surface area (Å²) in [5.74, 6) is 1.53. The summed E-state index contributed by atoms with van der Waals surface area (Å²) in [5, 5.41) is 0. The summed E-state index contributed by atoms with van der Waals surface area (Å²) in [4.78, 5) is 14.5. The summed E-state index contributed by atoms with van der Waals surface area (Å²) in [6.07, 6.45) is 2.13. The van der Waals surface area contributed by atoms with E-state index in [9.17, 15) is 4.79 Å². The molecule has 0 saturated carbocycles. The SMILES string of the molecule is CCCN(CCC)CC(=O)c1ccc2c(c1)OCO2. The highest BCUT2D eigenvalue weighted by atomic mass is 16.7. The third kappa shape index (κ3) is 3.47. The number of ketones is 1. The van der Waals surface area contributed by atoms with Gasteiger partial charge in [0.1, 0.15) is 0 Å². The summed E-state index contributed by atoms with van der Waals surface area (Å²) < 4.78 is 10.5. The second-order valence-corrected chi connectivity index (χ2v) is 4.77. The lowest BCUT2D eigenvalue weighted by atomic mass is 10.1. The Morgan fingerprint density at radius 1 is 1.16 bits per heavy atom. The fraction of sp³-hybridized carbons (Fsp3) is 0.533. The fourth-order valence-corrected chi connectivity index (χ4v) is 2.27. The van der Waals surface area contributed by atoms with E-state index in [1.807, 2.05) is 6.07 Å². The molecule has 4 heteroatoms. The third-order valence-electron chi connectivity index (χ3n) is 3.14. The lowest BCUT2D eigenvalue weighted by Crippen LogP contribution is -2.31. The Morgan fingerprint density at radius 2 is 1.84 bits per heavy atom. The third-order valence-corrected chi connectivity index (χ3v) is 3.14. The molecule has 2 rings (SSSR count). The van der Waals surface area contributed by atoms with Crippen molar-refractivity contribution in [3.63, 3.8) is 0 Å². The Labute approximate surface area is 114 Å². The van der Waals surface area contributed by atoms with Crippen molar-refractivity contribution in [1.29, 1.82) is 0 Å². The number of hydrogen-bond acceptors (Lipinski definition) is 4. The summed E-state index contributed by atoms with van der Waals surface area (Å²) in [5.41, 5.74) is 0.696.